The van der Waals surface area contributed by atoms with E-state index in [-0.39, 0.29) is 17.6 Å². The van der Waals surface area contributed by atoms with Gasteiger partial charge >= 0.3 is 0 Å². The topological polar surface area (TPSA) is 83.9 Å². The standard InChI is InChI=1S/C23H25FN6O/c24-17-11-10-16(22-29-28-21-9-5-2-6-12-30(21)22)13-19(17)25-23(31)20-14-18(26-27-20)15-7-3-1-4-8-15/h1,3-4,7-8,10-11,13,18,20,26-27H,2,5-6,9,12,14H2,(H,25,31). The van der Waals surface area contributed by atoms with Crippen molar-refractivity contribution in [3.63, 3.8) is 0 Å². The van der Waals surface area contributed by atoms with E-state index in [9.17, 15) is 9.18 Å². The largest absolute Gasteiger partial charge is 0.322 e. The minimum Gasteiger partial charge on any atom is -0.322 e. The van der Waals surface area contributed by atoms with Gasteiger partial charge in [-0.1, -0.05) is 36.8 Å². The van der Waals surface area contributed by atoms with E-state index >= 15 is 0 Å². The van der Waals surface area contributed by atoms with Crippen LogP contribution in [0.15, 0.2) is 48.5 Å². The van der Waals surface area contributed by atoms with Crippen LogP contribution >= 0.6 is 0 Å². The van der Waals surface area contributed by atoms with Crippen LogP contribution in [0, 0.1) is 5.82 Å². The van der Waals surface area contributed by atoms with Crippen molar-refractivity contribution in [2.75, 3.05) is 5.32 Å². The molecule has 1 fully saturated rings. The molecule has 1 amide bonds. The molecule has 31 heavy (non-hydrogen) atoms. The highest BCUT2D eigenvalue weighted by molar-refractivity contribution is 5.95. The second-order valence-corrected chi connectivity index (χ2v) is 8.13. The van der Waals surface area contributed by atoms with Crippen LogP contribution in [0.4, 0.5) is 10.1 Å². The monoisotopic (exact) mass is 420 g/mol. The number of nitrogens with one attached hydrogen (secondary N) is 3. The number of amides is 1. The molecule has 0 bridgehead atoms. The van der Waals surface area contributed by atoms with Crippen molar-refractivity contribution in [1.29, 1.82) is 0 Å². The number of carbonyl (C=O) groups is 1. The lowest BCUT2D eigenvalue weighted by Gasteiger charge is -2.13. The van der Waals surface area contributed by atoms with Crippen molar-refractivity contribution >= 4 is 11.6 Å². The first-order valence-corrected chi connectivity index (χ1v) is 10.8. The summed E-state index contributed by atoms with van der Waals surface area (Å²) in [6, 6.07) is 14.2. The summed E-state index contributed by atoms with van der Waals surface area (Å²) in [5.74, 6) is 0.938. The Kier molecular flexibility index (Phi) is 5.48. The Bertz CT molecular complexity index is 1080. The highest BCUT2D eigenvalue weighted by atomic mass is 19.1. The molecular formula is C23H25FN6O. The number of anilines is 1. The van der Waals surface area contributed by atoms with Crippen LogP contribution in [0.3, 0.4) is 0 Å². The van der Waals surface area contributed by atoms with Crippen molar-refractivity contribution in [1.82, 2.24) is 25.6 Å². The molecule has 2 atom stereocenters. The van der Waals surface area contributed by atoms with Gasteiger partial charge in [-0.15, -0.1) is 10.2 Å². The number of carbonyl (C=O) groups excluding carboxylic acids is 1. The molecule has 0 saturated carbocycles. The van der Waals surface area contributed by atoms with E-state index < -0.39 is 11.9 Å². The van der Waals surface area contributed by atoms with Gasteiger partial charge in [-0.05, 0) is 43.0 Å². The van der Waals surface area contributed by atoms with Crippen molar-refractivity contribution < 1.29 is 9.18 Å². The SMILES string of the molecule is O=C(Nc1cc(-c2nnc3n2CCCCC3)ccc1F)C1CC(c2ccccc2)NN1. The van der Waals surface area contributed by atoms with Crippen molar-refractivity contribution in [3.05, 3.63) is 65.7 Å². The zero-order valence-corrected chi connectivity index (χ0v) is 17.1. The van der Waals surface area contributed by atoms with Crippen LogP contribution in [-0.2, 0) is 17.8 Å². The Morgan fingerprint density at radius 1 is 1.06 bits per heavy atom. The van der Waals surface area contributed by atoms with Gasteiger partial charge in [0.15, 0.2) is 5.82 Å². The molecule has 5 rings (SSSR count). The number of nitrogens with zero attached hydrogens (tertiary/aromatic N) is 3. The second kappa shape index (κ2) is 8.56. The third kappa shape index (κ3) is 4.08. The highest BCUT2D eigenvalue weighted by Crippen LogP contribution is 2.28. The molecule has 7 nitrogen and oxygen atoms in total. The number of rotatable bonds is 4. The van der Waals surface area contributed by atoms with Crippen LogP contribution in [0.25, 0.3) is 11.4 Å². The molecule has 0 radical (unpaired) electrons. The van der Waals surface area contributed by atoms with Gasteiger partial charge in [0.25, 0.3) is 0 Å². The van der Waals surface area contributed by atoms with Crippen LogP contribution < -0.4 is 16.2 Å². The van der Waals surface area contributed by atoms with Gasteiger partial charge in [0.05, 0.1) is 5.69 Å². The predicted molar refractivity (Wildman–Crippen MR) is 115 cm³/mol. The molecule has 3 heterocycles. The van der Waals surface area contributed by atoms with Crippen LogP contribution in [0.2, 0.25) is 0 Å². The number of aryl methyl sites for hydroxylation is 1. The normalized spacial score (nSPS) is 20.8. The summed E-state index contributed by atoms with van der Waals surface area (Å²) in [4.78, 5) is 12.8. The average Bonchev–Trinajstić information content (AvgIpc) is 3.38. The molecule has 3 N–H and O–H groups in total. The maximum absolute atomic E-state index is 14.5. The smallest absolute Gasteiger partial charge is 0.243 e. The van der Waals surface area contributed by atoms with Gasteiger partial charge in [-0.25, -0.2) is 15.2 Å². The van der Waals surface area contributed by atoms with Crippen molar-refractivity contribution in [2.45, 2.75) is 50.7 Å². The maximum Gasteiger partial charge on any atom is 0.243 e. The number of aromatic nitrogens is 3. The van der Waals surface area contributed by atoms with Crippen LogP contribution in [-0.4, -0.2) is 26.7 Å². The molecule has 2 aromatic carbocycles. The van der Waals surface area contributed by atoms with E-state index in [1.807, 2.05) is 30.3 Å². The Balaban J connectivity index is 1.32. The molecular weight excluding hydrogens is 395 g/mol. The number of halogens is 1. The van der Waals surface area contributed by atoms with Gasteiger partial charge in [-0.2, -0.15) is 0 Å². The molecule has 0 aliphatic carbocycles. The Morgan fingerprint density at radius 3 is 2.81 bits per heavy atom. The number of benzene rings is 2. The third-order valence-electron chi connectivity index (χ3n) is 6.01. The Labute approximate surface area is 180 Å². The second-order valence-electron chi connectivity index (χ2n) is 8.13. The van der Waals surface area contributed by atoms with Gasteiger partial charge in [0, 0.05) is 24.6 Å². The fraction of sp³-hybridized carbons (Fsp3) is 0.348. The Morgan fingerprint density at radius 2 is 1.94 bits per heavy atom. The zero-order valence-electron chi connectivity index (χ0n) is 17.1. The van der Waals surface area contributed by atoms with Gasteiger partial charge in [0.1, 0.15) is 17.7 Å². The van der Waals surface area contributed by atoms with Gasteiger partial charge in [0.2, 0.25) is 5.91 Å². The molecule has 0 spiro atoms. The predicted octanol–water partition coefficient (Wildman–Crippen LogP) is 3.36. The molecule has 8 heteroatoms. The molecule has 2 unspecified atom stereocenters. The molecule has 3 aromatic rings. The quantitative estimate of drug-likeness (QED) is 0.603. The summed E-state index contributed by atoms with van der Waals surface area (Å²) < 4.78 is 16.6. The first-order chi connectivity index (χ1) is 15.2. The van der Waals surface area contributed by atoms with Crippen LogP contribution in [0.1, 0.15) is 43.1 Å². The molecule has 1 aromatic heterocycles. The summed E-state index contributed by atoms with van der Waals surface area (Å²) >= 11 is 0. The van der Waals surface area contributed by atoms with E-state index in [0.717, 1.165) is 48.6 Å². The fourth-order valence-corrected chi connectivity index (χ4v) is 4.31. The van der Waals surface area contributed by atoms with Gasteiger partial charge in [-0.3, -0.25) is 4.79 Å². The fourth-order valence-electron chi connectivity index (χ4n) is 4.31. The number of fused-ring (bicyclic) bond motifs is 1. The first-order valence-electron chi connectivity index (χ1n) is 10.8. The first kappa shape index (κ1) is 19.8. The summed E-state index contributed by atoms with van der Waals surface area (Å²) in [6.07, 6.45) is 4.83. The maximum atomic E-state index is 14.5. The molecule has 1 saturated heterocycles. The lowest BCUT2D eigenvalue weighted by Crippen LogP contribution is -2.39. The number of hydrazine groups is 1. The number of hydrogen-bond donors (Lipinski definition) is 3. The Hall–Kier alpha value is -3.10. The van der Waals surface area contributed by atoms with E-state index in [1.165, 1.54) is 12.5 Å². The van der Waals surface area contributed by atoms with E-state index in [4.69, 9.17) is 0 Å². The molecule has 2 aliphatic rings. The molecule has 2 aliphatic heterocycles. The van der Waals surface area contributed by atoms with E-state index in [0.29, 0.717) is 6.42 Å². The minimum atomic E-state index is -0.474. The summed E-state index contributed by atoms with van der Waals surface area (Å²) in [5, 5.41) is 11.4. The van der Waals surface area contributed by atoms with Gasteiger partial charge < -0.3 is 9.88 Å². The summed E-state index contributed by atoms with van der Waals surface area (Å²) in [6.45, 7) is 0.856. The highest BCUT2D eigenvalue weighted by Gasteiger charge is 2.30. The van der Waals surface area contributed by atoms with E-state index in [1.54, 1.807) is 12.1 Å². The van der Waals surface area contributed by atoms with Crippen molar-refractivity contribution in [2.24, 2.45) is 0 Å². The summed E-state index contributed by atoms with van der Waals surface area (Å²) in [7, 11) is 0. The molecule has 160 valence electrons. The lowest BCUT2D eigenvalue weighted by molar-refractivity contribution is -0.117. The summed E-state index contributed by atoms with van der Waals surface area (Å²) in [5.41, 5.74) is 8.18. The average molecular weight is 420 g/mol. The number of hydrogen-bond acceptors (Lipinski definition) is 5. The third-order valence-corrected chi connectivity index (χ3v) is 6.01. The van der Waals surface area contributed by atoms with E-state index in [2.05, 4.69) is 30.9 Å². The van der Waals surface area contributed by atoms with Crippen molar-refractivity contribution in [3.8, 4) is 11.4 Å². The minimum absolute atomic E-state index is 0.0274. The lowest BCUT2D eigenvalue weighted by atomic mass is 10.0. The van der Waals surface area contributed by atoms with Crippen LogP contribution in [0.5, 0.6) is 0 Å². The zero-order chi connectivity index (χ0) is 21.2.